The van der Waals surface area contributed by atoms with Gasteiger partial charge in [0.05, 0.1) is 0 Å². The molecule has 0 unspecified atom stereocenters. The van der Waals surface area contributed by atoms with Crippen LogP contribution in [0.25, 0.3) is 0 Å². The van der Waals surface area contributed by atoms with E-state index in [0.29, 0.717) is 6.54 Å². The Morgan fingerprint density at radius 3 is 1.96 bits per heavy atom. The lowest BCUT2D eigenvalue weighted by Crippen LogP contribution is -2.26. The van der Waals surface area contributed by atoms with Crippen molar-refractivity contribution in [2.24, 2.45) is 10.7 Å². The van der Waals surface area contributed by atoms with Crippen molar-refractivity contribution in [2.75, 3.05) is 13.6 Å². The Labute approximate surface area is 146 Å². The van der Waals surface area contributed by atoms with Gasteiger partial charge in [0.25, 0.3) is 5.97 Å². The molecule has 1 aromatic rings. The van der Waals surface area contributed by atoms with E-state index in [1.54, 1.807) is 13.8 Å². The Bertz CT molecular complexity index is 548. The van der Waals surface area contributed by atoms with E-state index >= 15 is 0 Å². The van der Waals surface area contributed by atoms with Gasteiger partial charge >= 0.3 is 5.97 Å². The summed E-state index contributed by atoms with van der Waals surface area (Å²) in [4.78, 5) is 32.7. The molecular formula is C16H24N2O5S. The predicted octanol–water partition coefficient (Wildman–Crippen LogP) is 2.19. The molecule has 24 heavy (non-hydrogen) atoms. The molecule has 134 valence electrons. The zero-order chi connectivity index (χ0) is 19.2. The van der Waals surface area contributed by atoms with Crippen molar-refractivity contribution in [1.82, 2.24) is 0 Å². The van der Waals surface area contributed by atoms with Crippen molar-refractivity contribution >= 4 is 29.8 Å². The van der Waals surface area contributed by atoms with Crippen molar-refractivity contribution in [2.45, 2.75) is 36.8 Å². The SMILES string of the molecule is CC(=O)O.CC(C)(Sc1ccc(CCN)cc1)C(=O)O.CN=C=O. The van der Waals surface area contributed by atoms with Crippen LogP contribution in [-0.2, 0) is 20.8 Å². The normalized spacial score (nSPS) is 9.38. The summed E-state index contributed by atoms with van der Waals surface area (Å²) in [5.74, 6) is -1.64. The van der Waals surface area contributed by atoms with Crippen molar-refractivity contribution in [3.05, 3.63) is 29.8 Å². The number of aliphatic imine (C=N–C) groups is 1. The summed E-state index contributed by atoms with van der Waals surface area (Å²) in [6, 6.07) is 7.88. The highest BCUT2D eigenvalue weighted by atomic mass is 32.2. The number of carbonyl (C=O) groups is 2. The minimum absolute atomic E-state index is 0.632. The Kier molecular flexibility index (Phi) is 13.4. The number of hydrogen-bond acceptors (Lipinski definition) is 6. The molecule has 0 heterocycles. The van der Waals surface area contributed by atoms with Gasteiger partial charge in [-0.1, -0.05) is 12.1 Å². The molecule has 0 spiro atoms. The number of hydrogen-bond donors (Lipinski definition) is 3. The van der Waals surface area contributed by atoms with Crippen LogP contribution in [0.2, 0.25) is 0 Å². The van der Waals surface area contributed by atoms with E-state index in [4.69, 9.17) is 25.5 Å². The zero-order valence-electron chi connectivity index (χ0n) is 14.3. The van der Waals surface area contributed by atoms with E-state index in [9.17, 15) is 4.79 Å². The van der Waals surface area contributed by atoms with E-state index < -0.39 is 16.7 Å². The highest BCUT2D eigenvalue weighted by molar-refractivity contribution is 8.01. The standard InChI is InChI=1S/C12H17NO2S.C2H3NO.C2H4O2/c1-12(2,11(14)15)16-10-5-3-9(4-6-10)7-8-13;1-3-2-4;1-2(3)4/h3-6H,7-8,13H2,1-2H3,(H,14,15);1H3;1H3,(H,3,4). The second-order valence-electron chi connectivity index (χ2n) is 4.93. The number of carboxylic acids is 2. The quantitative estimate of drug-likeness (QED) is 0.419. The van der Waals surface area contributed by atoms with Gasteiger partial charge in [0.15, 0.2) is 0 Å². The first kappa shape index (κ1) is 24.1. The average Bonchev–Trinajstić information content (AvgIpc) is 2.49. The number of carbonyl (C=O) groups excluding carboxylic acids is 1. The minimum atomic E-state index is -0.833. The predicted molar refractivity (Wildman–Crippen MR) is 94.1 cm³/mol. The molecule has 0 bridgehead atoms. The number of carboxylic acid groups (broad SMARTS) is 2. The van der Waals surface area contributed by atoms with Crippen molar-refractivity contribution in [1.29, 1.82) is 0 Å². The summed E-state index contributed by atoms with van der Waals surface area (Å²) in [6.45, 7) is 5.12. The lowest BCUT2D eigenvalue weighted by molar-refractivity contribution is -0.139. The lowest BCUT2D eigenvalue weighted by atomic mass is 10.2. The second-order valence-corrected chi connectivity index (χ2v) is 6.63. The highest BCUT2D eigenvalue weighted by Crippen LogP contribution is 2.32. The van der Waals surface area contributed by atoms with Crippen molar-refractivity contribution in [3.8, 4) is 0 Å². The third-order valence-corrected chi connectivity index (χ3v) is 3.53. The van der Waals surface area contributed by atoms with Gasteiger partial charge in [-0.05, 0) is 44.5 Å². The minimum Gasteiger partial charge on any atom is -0.481 e. The summed E-state index contributed by atoms with van der Waals surface area (Å²) in [5.41, 5.74) is 6.64. The summed E-state index contributed by atoms with van der Waals surface area (Å²) < 4.78 is -0.796. The number of rotatable bonds is 5. The molecule has 4 N–H and O–H groups in total. The van der Waals surface area contributed by atoms with Gasteiger partial charge in [0, 0.05) is 18.9 Å². The molecule has 7 nitrogen and oxygen atoms in total. The smallest absolute Gasteiger partial charge is 0.319 e. The molecule has 0 radical (unpaired) electrons. The molecule has 0 aromatic heterocycles. The van der Waals surface area contributed by atoms with Gasteiger partial charge in [-0.2, -0.15) is 0 Å². The first-order valence-corrected chi connectivity index (χ1v) is 7.79. The molecule has 0 aliphatic carbocycles. The molecule has 1 rings (SSSR count). The number of thioether (sulfide) groups is 1. The van der Waals surface area contributed by atoms with Gasteiger partial charge in [-0.3, -0.25) is 9.59 Å². The fraction of sp³-hybridized carbons (Fsp3) is 0.438. The Balaban J connectivity index is 0. The Morgan fingerprint density at radius 1 is 1.25 bits per heavy atom. The maximum absolute atomic E-state index is 11.0. The lowest BCUT2D eigenvalue weighted by Gasteiger charge is -2.18. The summed E-state index contributed by atoms with van der Waals surface area (Å²) >= 11 is 1.35. The molecule has 0 atom stereocenters. The van der Waals surface area contributed by atoms with Crippen LogP contribution in [0.3, 0.4) is 0 Å². The molecule has 1 aromatic carbocycles. The van der Waals surface area contributed by atoms with Crippen LogP contribution in [0, 0.1) is 0 Å². The third-order valence-electron chi connectivity index (χ3n) is 2.34. The molecule has 0 saturated heterocycles. The average molecular weight is 356 g/mol. The molecule has 0 aliphatic rings. The first-order chi connectivity index (χ1) is 11.1. The monoisotopic (exact) mass is 356 g/mol. The van der Waals surface area contributed by atoms with Crippen LogP contribution in [0.15, 0.2) is 34.2 Å². The summed E-state index contributed by atoms with van der Waals surface area (Å²) in [7, 11) is 1.38. The highest BCUT2D eigenvalue weighted by Gasteiger charge is 2.28. The maximum Gasteiger partial charge on any atom is 0.319 e. The van der Waals surface area contributed by atoms with Gasteiger partial charge in [0.1, 0.15) is 4.75 Å². The maximum atomic E-state index is 11.0. The number of aliphatic carboxylic acids is 2. The van der Waals surface area contributed by atoms with Gasteiger partial charge in [-0.15, -0.1) is 11.8 Å². The van der Waals surface area contributed by atoms with Crippen LogP contribution < -0.4 is 5.73 Å². The summed E-state index contributed by atoms with van der Waals surface area (Å²) in [5, 5.41) is 16.4. The zero-order valence-corrected chi connectivity index (χ0v) is 15.1. The second kappa shape index (κ2) is 13.3. The molecular weight excluding hydrogens is 332 g/mol. The van der Waals surface area contributed by atoms with E-state index in [1.807, 2.05) is 24.3 Å². The number of nitrogens with two attached hydrogens (primary N) is 1. The molecule has 8 heteroatoms. The molecule has 0 saturated carbocycles. The summed E-state index contributed by atoms with van der Waals surface area (Å²) in [6.07, 6.45) is 2.16. The number of nitrogens with zero attached hydrogens (tertiary/aromatic N) is 1. The topological polar surface area (TPSA) is 130 Å². The Hall–Kier alpha value is -2.15. The fourth-order valence-electron chi connectivity index (χ4n) is 1.23. The van der Waals surface area contributed by atoms with E-state index in [2.05, 4.69) is 4.99 Å². The van der Waals surface area contributed by atoms with Crippen molar-refractivity contribution < 1.29 is 24.6 Å². The van der Waals surface area contributed by atoms with Gasteiger partial charge in [-0.25, -0.2) is 9.79 Å². The van der Waals surface area contributed by atoms with Crippen LogP contribution in [-0.4, -0.2) is 46.6 Å². The van der Waals surface area contributed by atoms with Crippen LogP contribution in [0.4, 0.5) is 0 Å². The van der Waals surface area contributed by atoms with E-state index in [1.165, 1.54) is 30.5 Å². The van der Waals surface area contributed by atoms with Crippen molar-refractivity contribution in [3.63, 3.8) is 0 Å². The largest absolute Gasteiger partial charge is 0.481 e. The Morgan fingerprint density at radius 2 is 1.67 bits per heavy atom. The first-order valence-electron chi connectivity index (χ1n) is 6.97. The van der Waals surface area contributed by atoms with E-state index in [-0.39, 0.29) is 0 Å². The fourth-order valence-corrected chi connectivity index (χ4v) is 2.18. The van der Waals surface area contributed by atoms with E-state index in [0.717, 1.165) is 18.2 Å². The number of isocyanates is 1. The molecule has 0 fully saturated rings. The van der Waals surface area contributed by atoms with Crippen LogP contribution in [0.5, 0.6) is 0 Å². The van der Waals surface area contributed by atoms with Gasteiger partial charge < -0.3 is 15.9 Å². The molecule has 0 aliphatic heterocycles. The molecule has 0 amide bonds. The van der Waals surface area contributed by atoms with Crippen LogP contribution >= 0.6 is 11.8 Å². The third kappa shape index (κ3) is 13.5. The number of benzene rings is 1. The van der Waals surface area contributed by atoms with Crippen LogP contribution in [0.1, 0.15) is 26.3 Å². The van der Waals surface area contributed by atoms with Gasteiger partial charge in [0.2, 0.25) is 6.08 Å².